The summed E-state index contributed by atoms with van der Waals surface area (Å²) in [7, 11) is 0. The van der Waals surface area contributed by atoms with Crippen molar-refractivity contribution < 1.29 is 4.39 Å². The second kappa shape index (κ2) is 5.19. The van der Waals surface area contributed by atoms with E-state index in [1.165, 1.54) is 0 Å². The molecular weight excluding hydrogens is 294 g/mol. The van der Waals surface area contributed by atoms with E-state index in [1.807, 2.05) is 0 Å². The molecule has 1 aromatic carbocycles. The molecule has 0 spiro atoms. The molecule has 0 aliphatic heterocycles. The molecule has 1 unspecified atom stereocenters. The molecule has 0 amide bonds. The molecule has 0 radical (unpaired) electrons. The van der Waals surface area contributed by atoms with Crippen LogP contribution >= 0.6 is 23.2 Å². The Morgan fingerprint density at radius 1 is 1.32 bits per heavy atom. The first-order chi connectivity index (χ1) is 8.91. The molecule has 19 heavy (non-hydrogen) atoms. The number of halogens is 3. The van der Waals surface area contributed by atoms with E-state index in [-0.39, 0.29) is 0 Å². The topological polar surface area (TPSA) is 54.9 Å². The SMILES string of the molecule is CC(c1cccc(Cl)c1)n1c(=O)[nH]c(Cl)c(F)c1=O. The summed E-state index contributed by atoms with van der Waals surface area (Å²) in [6, 6.07) is 5.97. The quantitative estimate of drug-likeness (QED) is 0.867. The van der Waals surface area contributed by atoms with Crippen LogP contribution in [0, 0.1) is 5.82 Å². The molecule has 2 rings (SSSR count). The molecule has 1 N–H and O–H groups in total. The summed E-state index contributed by atoms with van der Waals surface area (Å²) >= 11 is 11.2. The summed E-state index contributed by atoms with van der Waals surface area (Å²) < 4.78 is 14.2. The van der Waals surface area contributed by atoms with Gasteiger partial charge in [0.1, 0.15) is 0 Å². The molecule has 4 nitrogen and oxygen atoms in total. The van der Waals surface area contributed by atoms with Gasteiger partial charge in [0.15, 0.2) is 5.15 Å². The maximum Gasteiger partial charge on any atom is 0.330 e. The smallest absolute Gasteiger partial charge is 0.295 e. The minimum Gasteiger partial charge on any atom is -0.295 e. The standard InChI is InChI=1S/C12H9Cl2FN2O2/c1-6(7-3-2-4-8(13)5-7)17-11(18)9(15)10(14)16-12(17)19/h2-6H,1H3,(H,16,19). The van der Waals surface area contributed by atoms with E-state index in [9.17, 15) is 14.0 Å². The molecule has 0 saturated carbocycles. The lowest BCUT2D eigenvalue weighted by atomic mass is 10.1. The van der Waals surface area contributed by atoms with Gasteiger partial charge in [-0.3, -0.25) is 14.3 Å². The Morgan fingerprint density at radius 3 is 2.63 bits per heavy atom. The van der Waals surface area contributed by atoms with E-state index in [2.05, 4.69) is 4.98 Å². The summed E-state index contributed by atoms with van der Waals surface area (Å²) in [5.74, 6) is -1.19. The Morgan fingerprint density at radius 2 is 2.00 bits per heavy atom. The number of rotatable bonds is 2. The first-order valence-electron chi connectivity index (χ1n) is 5.37. The maximum atomic E-state index is 13.5. The molecule has 1 heterocycles. The summed E-state index contributed by atoms with van der Waals surface area (Å²) in [6.45, 7) is 1.59. The number of benzene rings is 1. The average molecular weight is 303 g/mol. The molecule has 100 valence electrons. The average Bonchev–Trinajstić information content (AvgIpc) is 2.36. The van der Waals surface area contributed by atoms with E-state index < -0.39 is 28.3 Å². The molecule has 0 bridgehead atoms. The summed E-state index contributed by atoms with van der Waals surface area (Å²) in [5, 5.41) is -0.132. The van der Waals surface area contributed by atoms with Crippen molar-refractivity contribution in [2.45, 2.75) is 13.0 Å². The van der Waals surface area contributed by atoms with Crippen LogP contribution < -0.4 is 11.2 Å². The summed E-state index contributed by atoms with van der Waals surface area (Å²) in [5.41, 5.74) is -1.23. The molecule has 0 fully saturated rings. The normalized spacial score (nSPS) is 12.4. The third-order valence-corrected chi connectivity index (χ3v) is 3.25. The highest BCUT2D eigenvalue weighted by atomic mass is 35.5. The van der Waals surface area contributed by atoms with Crippen LogP contribution in [0.15, 0.2) is 33.9 Å². The second-order valence-corrected chi connectivity index (χ2v) is 4.78. The second-order valence-electron chi connectivity index (χ2n) is 3.96. The fourth-order valence-electron chi connectivity index (χ4n) is 1.77. The third-order valence-electron chi connectivity index (χ3n) is 2.75. The van der Waals surface area contributed by atoms with Crippen LogP contribution in [-0.4, -0.2) is 9.55 Å². The van der Waals surface area contributed by atoms with Crippen LogP contribution in [0.5, 0.6) is 0 Å². The van der Waals surface area contributed by atoms with Crippen molar-refractivity contribution in [3.8, 4) is 0 Å². The van der Waals surface area contributed by atoms with Gasteiger partial charge in [-0.15, -0.1) is 0 Å². The maximum absolute atomic E-state index is 13.5. The molecule has 7 heteroatoms. The number of aromatic nitrogens is 2. The molecule has 0 aliphatic carbocycles. The highest BCUT2D eigenvalue weighted by Crippen LogP contribution is 2.19. The van der Waals surface area contributed by atoms with Gasteiger partial charge >= 0.3 is 5.69 Å². The van der Waals surface area contributed by atoms with E-state index in [1.54, 1.807) is 31.2 Å². The Labute approximate surface area is 117 Å². The lowest BCUT2D eigenvalue weighted by molar-refractivity contribution is 0.515. The lowest BCUT2D eigenvalue weighted by Gasteiger charge is -2.14. The highest BCUT2D eigenvalue weighted by molar-refractivity contribution is 6.30. The van der Waals surface area contributed by atoms with Crippen LogP contribution in [0.2, 0.25) is 10.2 Å². The largest absolute Gasteiger partial charge is 0.330 e. The minimum atomic E-state index is -1.19. The number of nitrogens with zero attached hydrogens (tertiary/aromatic N) is 1. The lowest BCUT2D eigenvalue weighted by Crippen LogP contribution is -2.39. The molecule has 0 aliphatic rings. The summed E-state index contributed by atoms with van der Waals surface area (Å²) in [4.78, 5) is 25.6. The Hall–Kier alpha value is -1.59. The number of H-pyrrole nitrogens is 1. The van der Waals surface area contributed by atoms with Crippen LogP contribution in [0.3, 0.4) is 0 Å². The van der Waals surface area contributed by atoms with Crippen molar-refractivity contribution in [2.75, 3.05) is 0 Å². The van der Waals surface area contributed by atoms with Crippen LogP contribution in [0.25, 0.3) is 0 Å². The van der Waals surface area contributed by atoms with Gasteiger partial charge in [0.25, 0.3) is 5.56 Å². The van der Waals surface area contributed by atoms with Gasteiger partial charge in [0, 0.05) is 5.02 Å². The van der Waals surface area contributed by atoms with Crippen molar-refractivity contribution in [3.63, 3.8) is 0 Å². The van der Waals surface area contributed by atoms with Crippen molar-refractivity contribution in [2.24, 2.45) is 0 Å². The first-order valence-corrected chi connectivity index (χ1v) is 6.12. The number of hydrogen-bond donors (Lipinski definition) is 1. The monoisotopic (exact) mass is 302 g/mol. The zero-order valence-corrected chi connectivity index (χ0v) is 11.3. The first kappa shape index (κ1) is 13.8. The van der Waals surface area contributed by atoms with Gasteiger partial charge in [-0.25, -0.2) is 4.79 Å². The van der Waals surface area contributed by atoms with Gasteiger partial charge < -0.3 is 0 Å². The Balaban J connectivity index is 2.63. The van der Waals surface area contributed by atoms with E-state index in [0.29, 0.717) is 10.6 Å². The van der Waals surface area contributed by atoms with Crippen molar-refractivity contribution in [1.82, 2.24) is 9.55 Å². The third kappa shape index (κ3) is 2.57. The van der Waals surface area contributed by atoms with Crippen molar-refractivity contribution in [3.05, 3.63) is 66.7 Å². The fourth-order valence-corrected chi connectivity index (χ4v) is 2.13. The predicted molar refractivity (Wildman–Crippen MR) is 71.6 cm³/mol. The number of aromatic amines is 1. The van der Waals surface area contributed by atoms with Crippen molar-refractivity contribution in [1.29, 1.82) is 0 Å². The minimum absolute atomic E-state index is 0.461. The zero-order chi connectivity index (χ0) is 14.2. The Bertz CT molecular complexity index is 739. The molecular formula is C12H9Cl2FN2O2. The van der Waals surface area contributed by atoms with Gasteiger partial charge in [-0.2, -0.15) is 4.39 Å². The van der Waals surface area contributed by atoms with Gasteiger partial charge in [-0.05, 0) is 24.6 Å². The molecule has 0 saturated heterocycles. The van der Waals surface area contributed by atoms with E-state index >= 15 is 0 Å². The van der Waals surface area contributed by atoms with E-state index in [0.717, 1.165) is 4.57 Å². The van der Waals surface area contributed by atoms with E-state index in [4.69, 9.17) is 23.2 Å². The fraction of sp³-hybridized carbons (Fsp3) is 0.167. The van der Waals surface area contributed by atoms with Crippen LogP contribution in [0.4, 0.5) is 4.39 Å². The number of hydrogen-bond acceptors (Lipinski definition) is 2. The zero-order valence-electron chi connectivity index (χ0n) is 9.78. The van der Waals surface area contributed by atoms with Gasteiger partial charge in [0.2, 0.25) is 5.82 Å². The molecule has 2 aromatic rings. The van der Waals surface area contributed by atoms with Gasteiger partial charge in [0.05, 0.1) is 6.04 Å². The number of nitrogens with one attached hydrogen (secondary N) is 1. The van der Waals surface area contributed by atoms with Crippen LogP contribution in [-0.2, 0) is 0 Å². The summed E-state index contributed by atoms with van der Waals surface area (Å²) in [6.07, 6.45) is 0. The van der Waals surface area contributed by atoms with Crippen molar-refractivity contribution >= 4 is 23.2 Å². The highest BCUT2D eigenvalue weighted by Gasteiger charge is 2.18. The molecule has 1 aromatic heterocycles. The Kier molecular flexibility index (Phi) is 3.78. The van der Waals surface area contributed by atoms with Crippen LogP contribution in [0.1, 0.15) is 18.5 Å². The predicted octanol–water partition coefficient (Wildman–Crippen LogP) is 2.59. The van der Waals surface area contributed by atoms with Gasteiger partial charge in [-0.1, -0.05) is 35.3 Å². The molecule has 1 atom stereocenters.